The third-order valence-corrected chi connectivity index (χ3v) is 4.14. The summed E-state index contributed by atoms with van der Waals surface area (Å²) in [5.41, 5.74) is 2.42. The number of anilines is 3. The van der Waals surface area contributed by atoms with Gasteiger partial charge in [0.2, 0.25) is 0 Å². The predicted molar refractivity (Wildman–Crippen MR) is 96.4 cm³/mol. The SMILES string of the molecule is COC(=O)c1ccc(C)cc1NC(=O)N1CCN(C)c2ncccc21. The van der Waals surface area contributed by atoms with E-state index in [4.69, 9.17) is 4.74 Å². The molecule has 0 bridgehead atoms. The van der Waals surface area contributed by atoms with E-state index in [1.807, 2.05) is 24.9 Å². The Hall–Kier alpha value is -3.09. The Bertz CT molecular complexity index is 822. The molecule has 1 aromatic carbocycles. The smallest absolute Gasteiger partial charge is 0.339 e. The van der Waals surface area contributed by atoms with Crippen molar-refractivity contribution in [1.29, 1.82) is 0 Å². The summed E-state index contributed by atoms with van der Waals surface area (Å²) in [6, 6.07) is 8.55. The molecule has 0 aliphatic carbocycles. The van der Waals surface area contributed by atoms with Gasteiger partial charge in [-0.25, -0.2) is 14.6 Å². The van der Waals surface area contributed by atoms with Crippen molar-refractivity contribution < 1.29 is 14.3 Å². The summed E-state index contributed by atoms with van der Waals surface area (Å²) in [5.74, 6) is 0.261. The first-order valence-corrected chi connectivity index (χ1v) is 7.95. The number of hydrogen-bond acceptors (Lipinski definition) is 5. The van der Waals surface area contributed by atoms with Crippen molar-refractivity contribution in [2.45, 2.75) is 6.92 Å². The highest BCUT2D eigenvalue weighted by Crippen LogP contribution is 2.30. The minimum absolute atomic E-state index is 0.307. The zero-order valence-electron chi connectivity index (χ0n) is 14.4. The lowest BCUT2D eigenvalue weighted by Crippen LogP contribution is -2.45. The molecule has 7 nitrogen and oxygen atoms in total. The van der Waals surface area contributed by atoms with Crippen molar-refractivity contribution >= 4 is 29.2 Å². The molecule has 3 rings (SSSR count). The van der Waals surface area contributed by atoms with Gasteiger partial charge in [-0.3, -0.25) is 4.90 Å². The van der Waals surface area contributed by atoms with Crippen molar-refractivity contribution in [3.05, 3.63) is 47.7 Å². The second-order valence-corrected chi connectivity index (χ2v) is 5.89. The average Bonchev–Trinajstić information content (AvgIpc) is 2.61. The zero-order valence-corrected chi connectivity index (χ0v) is 14.4. The van der Waals surface area contributed by atoms with E-state index in [-0.39, 0.29) is 6.03 Å². The highest BCUT2D eigenvalue weighted by atomic mass is 16.5. The van der Waals surface area contributed by atoms with Gasteiger partial charge in [-0.2, -0.15) is 0 Å². The third kappa shape index (κ3) is 3.26. The van der Waals surface area contributed by atoms with Crippen LogP contribution in [-0.2, 0) is 4.74 Å². The molecule has 7 heteroatoms. The van der Waals surface area contributed by atoms with Crippen LogP contribution in [0.1, 0.15) is 15.9 Å². The number of methoxy groups -OCH3 is 1. The van der Waals surface area contributed by atoms with E-state index in [2.05, 4.69) is 10.3 Å². The Kier molecular flexibility index (Phi) is 4.56. The van der Waals surface area contributed by atoms with E-state index >= 15 is 0 Å². The van der Waals surface area contributed by atoms with Crippen LogP contribution in [0.15, 0.2) is 36.5 Å². The van der Waals surface area contributed by atoms with Crippen molar-refractivity contribution in [2.24, 2.45) is 0 Å². The highest BCUT2D eigenvalue weighted by molar-refractivity contribution is 6.07. The van der Waals surface area contributed by atoms with Crippen molar-refractivity contribution in [3.63, 3.8) is 0 Å². The van der Waals surface area contributed by atoms with Crippen LogP contribution in [-0.4, -0.2) is 44.2 Å². The molecule has 0 radical (unpaired) electrons. The number of rotatable bonds is 2. The molecule has 2 amide bonds. The Morgan fingerprint density at radius 1 is 1.24 bits per heavy atom. The molecule has 0 fully saturated rings. The predicted octanol–water partition coefficient (Wildman–Crippen LogP) is 2.66. The van der Waals surface area contributed by atoms with E-state index in [1.165, 1.54) is 7.11 Å². The monoisotopic (exact) mass is 340 g/mol. The van der Waals surface area contributed by atoms with E-state index in [9.17, 15) is 9.59 Å². The Labute approximate surface area is 146 Å². The quantitative estimate of drug-likeness (QED) is 0.851. The number of carbonyl (C=O) groups is 2. The van der Waals surface area contributed by atoms with Crippen molar-refractivity contribution in [2.75, 3.05) is 42.4 Å². The first-order chi connectivity index (χ1) is 12.0. The van der Waals surface area contributed by atoms with Gasteiger partial charge in [0.05, 0.1) is 24.0 Å². The fourth-order valence-corrected chi connectivity index (χ4v) is 2.81. The largest absolute Gasteiger partial charge is 0.465 e. The molecule has 0 saturated heterocycles. The van der Waals surface area contributed by atoms with Crippen LogP contribution in [0.3, 0.4) is 0 Å². The van der Waals surface area contributed by atoms with Crippen LogP contribution < -0.4 is 15.1 Å². The standard InChI is InChI=1S/C18H20N4O3/c1-12-6-7-13(17(23)25-3)14(11-12)20-18(24)22-10-9-21(2)16-15(22)5-4-8-19-16/h4-8,11H,9-10H2,1-3H3,(H,20,24). The number of pyridine rings is 1. The van der Waals surface area contributed by atoms with Gasteiger partial charge in [-0.15, -0.1) is 0 Å². The molecule has 2 heterocycles. The minimum atomic E-state index is -0.490. The number of esters is 1. The number of nitrogens with one attached hydrogen (secondary N) is 1. The van der Waals surface area contributed by atoms with Gasteiger partial charge in [0, 0.05) is 26.3 Å². The second kappa shape index (κ2) is 6.80. The van der Waals surface area contributed by atoms with Crippen LogP contribution in [0, 0.1) is 6.92 Å². The molecule has 1 N–H and O–H groups in total. The maximum Gasteiger partial charge on any atom is 0.339 e. The minimum Gasteiger partial charge on any atom is -0.465 e. The van der Waals surface area contributed by atoms with Crippen molar-refractivity contribution in [1.82, 2.24) is 4.98 Å². The fourth-order valence-electron chi connectivity index (χ4n) is 2.81. The summed E-state index contributed by atoms with van der Waals surface area (Å²) in [6.07, 6.45) is 1.70. The maximum atomic E-state index is 12.8. The lowest BCUT2D eigenvalue weighted by molar-refractivity contribution is 0.0602. The number of benzene rings is 1. The van der Waals surface area contributed by atoms with Gasteiger partial charge in [-0.05, 0) is 36.8 Å². The van der Waals surface area contributed by atoms with Crippen LogP contribution in [0.5, 0.6) is 0 Å². The third-order valence-electron chi connectivity index (χ3n) is 4.14. The van der Waals surface area contributed by atoms with E-state index in [1.54, 1.807) is 35.4 Å². The molecule has 130 valence electrons. The number of carbonyl (C=O) groups excluding carboxylic acids is 2. The molecular weight excluding hydrogens is 320 g/mol. The summed E-state index contributed by atoms with van der Waals surface area (Å²) in [5, 5.41) is 2.83. The van der Waals surface area contributed by atoms with Gasteiger partial charge in [-0.1, -0.05) is 6.07 Å². The number of ether oxygens (including phenoxy) is 1. The normalized spacial score (nSPS) is 13.2. The van der Waals surface area contributed by atoms with Crippen LogP contribution >= 0.6 is 0 Å². The van der Waals surface area contributed by atoms with E-state index in [0.29, 0.717) is 24.3 Å². The van der Waals surface area contributed by atoms with Crippen LogP contribution in [0.4, 0.5) is 22.0 Å². The van der Waals surface area contributed by atoms with E-state index < -0.39 is 5.97 Å². The topological polar surface area (TPSA) is 74.8 Å². The lowest BCUT2D eigenvalue weighted by atomic mass is 10.1. The fraction of sp³-hybridized carbons (Fsp3) is 0.278. The number of aryl methyl sites for hydroxylation is 1. The summed E-state index contributed by atoms with van der Waals surface area (Å²) in [6.45, 7) is 3.10. The number of urea groups is 1. The maximum absolute atomic E-state index is 12.8. The van der Waals surface area contributed by atoms with E-state index in [0.717, 1.165) is 17.1 Å². The Morgan fingerprint density at radius 2 is 2.04 bits per heavy atom. The molecule has 25 heavy (non-hydrogen) atoms. The Balaban J connectivity index is 1.90. The summed E-state index contributed by atoms with van der Waals surface area (Å²) in [7, 11) is 3.26. The number of likely N-dealkylation sites (N-methyl/N-ethyl adjacent to an activating group) is 1. The summed E-state index contributed by atoms with van der Waals surface area (Å²) < 4.78 is 4.79. The number of amides is 2. The molecule has 0 spiro atoms. The van der Waals surface area contributed by atoms with Crippen molar-refractivity contribution in [3.8, 4) is 0 Å². The van der Waals surface area contributed by atoms with Gasteiger partial charge in [0.1, 0.15) is 0 Å². The summed E-state index contributed by atoms with van der Waals surface area (Å²) in [4.78, 5) is 32.7. The van der Waals surface area contributed by atoms with Gasteiger partial charge in [0.15, 0.2) is 5.82 Å². The zero-order chi connectivity index (χ0) is 18.0. The highest BCUT2D eigenvalue weighted by Gasteiger charge is 2.26. The molecule has 1 aliphatic heterocycles. The number of aromatic nitrogens is 1. The van der Waals surface area contributed by atoms with Gasteiger partial charge < -0.3 is 15.0 Å². The molecule has 0 unspecified atom stereocenters. The lowest BCUT2D eigenvalue weighted by Gasteiger charge is -2.34. The number of hydrogen-bond donors (Lipinski definition) is 1. The van der Waals surface area contributed by atoms with Crippen LogP contribution in [0.2, 0.25) is 0 Å². The second-order valence-electron chi connectivity index (χ2n) is 5.89. The first-order valence-electron chi connectivity index (χ1n) is 7.95. The van der Waals surface area contributed by atoms with Gasteiger partial charge >= 0.3 is 12.0 Å². The van der Waals surface area contributed by atoms with Gasteiger partial charge in [0.25, 0.3) is 0 Å². The molecular formula is C18H20N4O3. The van der Waals surface area contributed by atoms with Crippen LogP contribution in [0.25, 0.3) is 0 Å². The molecule has 1 aliphatic rings. The Morgan fingerprint density at radius 3 is 2.80 bits per heavy atom. The average molecular weight is 340 g/mol. The number of fused-ring (bicyclic) bond motifs is 1. The molecule has 0 atom stereocenters. The molecule has 1 aromatic heterocycles. The molecule has 2 aromatic rings. The summed E-state index contributed by atoms with van der Waals surface area (Å²) >= 11 is 0. The molecule has 0 saturated carbocycles. The first kappa shape index (κ1) is 16.8. The number of nitrogens with zero attached hydrogens (tertiary/aromatic N) is 3.